The molecule has 5 heteroatoms. The number of hydrogen-bond donors (Lipinski definition) is 2. The SMILES string of the molecule is CC1CN(C(=O)c2cc(Cl)c[nH]2)c2ccccc2CN1. The first-order valence-electron chi connectivity index (χ1n) is 6.62. The standard InChI is InChI=1S/C15H16ClN3O/c1-10-9-19(15(20)13-6-12(16)8-18-13)14-5-3-2-4-11(14)7-17-10/h2-6,8,10,17-18H,7,9H2,1H3. The van der Waals surface area contributed by atoms with Gasteiger partial charge in [0.15, 0.2) is 0 Å². The van der Waals surface area contributed by atoms with Gasteiger partial charge in [-0.1, -0.05) is 29.8 Å². The molecular formula is C15H16ClN3O. The number of anilines is 1. The number of amides is 1. The summed E-state index contributed by atoms with van der Waals surface area (Å²) in [6.07, 6.45) is 1.63. The minimum Gasteiger partial charge on any atom is -0.356 e. The molecule has 1 aliphatic rings. The first-order chi connectivity index (χ1) is 9.65. The number of fused-ring (bicyclic) bond motifs is 1. The van der Waals surface area contributed by atoms with E-state index in [0.29, 0.717) is 17.3 Å². The molecule has 2 heterocycles. The second-order valence-corrected chi connectivity index (χ2v) is 5.49. The van der Waals surface area contributed by atoms with Crippen molar-refractivity contribution in [2.24, 2.45) is 0 Å². The number of halogens is 1. The third-order valence-corrected chi connectivity index (χ3v) is 3.72. The number of benzene rings is 1. The largest absolute Gasteiger partial charge is 0.356 e. The lowest BCUT2D eigenvalue weighted by Crippen LogP contribution is -2.39. The summed E-state index contributed by atoms with van der Waals surface area (Å²) in [6, 6.07) is 9.87. The lowest BCUT2D eigenvalue weighted by atomic mass is 10.1. The van der Waals surface area contributed by atoms with Crippen LogP contribution in [0.5, 0.6) is 0 Å². The maximum atomic E-state index is 12.7. The van der Waals surface area contributed by atoms with Crippen LogP contribution in [0.2, 0.25) is 5.02 Å². The second kappa shape index (κ2) is 5.31. The van der Waals surface area contributed by atoms with E-state index in [9.17, 15) is 4.79 Å². The van der Waals surface area contributed by atoms with Gasteiger partial charge in [-0.3, -0.25) is 4.79 Å². The predicted octanol–water partition coefficient (Wildman–Crippen LogP) is 2.81. The number of H-pyrrole nitrogens is 1. The van der Waals surface area contributed by atoms with Crippen molar-refractivity contribution in [2.75, 3.05) is 11.4 Å². The Kier molecular flexibility index (Phi) is 3.51. The van der Waals surface area contributed by atoms with Crippen LogP contribution in [0.25, 0.3) is 0 Å². The number of hydrogen-bond acceptors (Lipinski definition) is 2. The van der Waals surface area contributed by atoms with Crippen molar-refractivity contribution in [1.29, 1.82) is 0 Å². The summed E-state index contributed by atoms with van der Waals surface area (Å²) < 4.78 is 0. The fraction of sp³-hybridized carbons (Fsp3) is 0.267. The average Bonchev–Trinajstić information content (AvgIpc) is 2.81. The first kappa shape index (κ1) is 13.2. The van der Waals surface area contributed by atoms with Crippen LogP contribution < -0.4 is 10.2 Å². The van der Waals surface area contributed by atoms with Gasteiger partial charge in [-0.05, 0) is 24.6 Å². The molecule has 104 valence electrons. The number of aromatic amines is 1. The quantitative estimate of drug-likeness (QED) is 0.848. The Morgan fingerprint density at radius 1 is 1.40 bits per heavy atom. The van der Waals surface area contributed by atoms with Crippen molar-refractivity contribution in [3.05, 3.63) is 52.8 Å². The fourth-order valence-electron chi connectivity index (χ4n) is 2.47. The number of rotatable bonds is 1. The van der Waals surface area contributed by atoms with E-state index in [2.05, 4.69) is 17.2 Å². The highest BCUT2D eigenvalue weighted by atomic mass is 35.5. The van der Waals surface area contributed by atoms with Crippen molar-refractivity contribution in [2.45, 2.75) is 19.5 Å². The van der Waals surface area contributed by atoms with Crippen LogP contribution in [0.3, 0.4) is 0 Å². The summed E-state index contributed by atoms with van der Waals surface area (Å²) in [5.74, 6) is -0.0556. The zero-order valence-electron chi connectivity index (χ0n) is 11.2. The van der Waals surface area contributed by atoms with Crippen LogP contribution >= 0.6 is 11.6 Å². The Hall–Kier alpha value is -1.78. The number of aromatic nitrogens is 1. The molecule has 0 fully saturated rings. The molecule has 1 aliphatic heterocycles. The van der Waals surface area contributed by atoms with Crippen LogP contribution in [0, 0.1) is 0 Å². The Bertz CT molecular complexity index is 638. The fourth-order valence-corrected chi connectivity index (χ4v) is 2.64. The molecular weight excluding hydrogens is 274 g/mol. The molecule has 1 aromatic heterocycles. The number of nitrogens with zero attached hydrogens (tertiary/aromatic N) is 1. The Balaban J connectivity index is 2.00. The molecule has 3 rings (SSSR count). The maximum absolute atomic E-state index is 12.7. The molecule has 0 aliphatic carbocycles. The molecule has 0 bridgehead atoms. The van der Waals surface area contributed by atoms with Gasteiger partial charge in [0.25, 0.3) is 5.91 Å². The molecule has 0 spiro atoms. The predicted molar refractivity (Wildman–Crippen MR) is 80.2 cm³/mol. The van der Waals surface area contributed by atoms with Gasteiger partial charge in [-0.25, -0.2) is 0 Å². The number of nitrogens with one attached hydrogen (secondary N) is 2. The molecule has 1 atom stereocenters. The van der Waals surface area contributed by atoms with Gasteiger partial charge in [0, 0.05) is 31.0 Å². The van der Waals surface area contributed by atoms with Crippen molar-refractivity contribution < 1.29 is 4.79 Å². The third kappa shape index (κ3) is 2.44. The highest BCUT2D eigenvalue weighted by molar-refractivity contribution is 6.31. The third-order valence-electron chi connectivity index (χ3n) is 3.50. The Morgan fingerprint density at radius 3 is 2.95 bits per heavy atom. The highest BCUT2D eigenvalue weighted by Crippen LogP contribution is 2.25. The molecule has 20 heavy (non-hydrogen) atoms. The minimum atomic E-state index is -0.0556. The summed E-state index contributed by atoms with van der Waals surface area (Å²) in [5, 5.41) is 3.96. The van der Waals surface area contributed by atoms with Gasteiger partial charge in [0.05, 0.1) is 5.02 Å². The molecule has 2 aromatic rings. The topological polar surface area (TPSA) is 48.1 Å². The van der Waals surface area contributed by atoms with Crippen LogP contribution in [0.4, 0.5) is 5.69 Å². The zero-order valence-corrected chi connectivity index (χ0v) is 11.9. The van der Waals surface area contributed by atoms with Gasteiger partial charge in [-0.15, -0.1) is 0 Å². The number of carbonyl (C=O) groups excluding carboxylic acids is 1. The zero-order chi connectivity index (χ0) is 14.1. The lowest BCUT2D eigenvalue weighted by Gasteiger charge is -2.23. The summed E-state index contributed by atoms with van der Waals surface area (Å²) in [4.78, 5) is 17.4. The van der Waals surface area contributed by atoms with Crippen LogP contribution in [-0.2, 0) is 6.54 Å². The van der Waals surface area contributed by atoms with Crippen LogP contribution in [0.1, 0.15) is 23.0 Å². The Morgan fingerprint density at radius 2 is 2.20 bits per heavy atom. The molecule has 2 N–H and O–H groups in total. The molecule has 4 nitrogen and oxygen atoms in total. The maximum Gasteiger partial charge on any atom is 0.274 e. The van der Waals surface area contributed by atoms with Crippen molar-refractivity contribution in [1.82, 2.24) is 10.3 Å². The summed E-state index contributed by atoms with van der Waals surface area (Å²) in [6.45, 7) is 3.48. The Labute approximate surface area is 122 Å². The minimum absolute atomic E-state index is 0.0556. The molecule has 0 saturated carbocycles. The average molecular weight is 290 g/mol. The molecule has 1 aromatic carbocycles. The molecule has 1 unspecified atom stereocenters. The van der Waals surface area contributed by atoms with E-state index in [-0.39, 0.29) is 11.9 Å². The molecule has 0 radical (unpaired) electrons. The van der Waals surface area contributed by atoms with E-state index >= 15 is 0 Å². The monoisotopic (exact) mass is 289 g/mol. The van der Waals surface area contributed by atoms with E-state index in [0.717, 1.165) is 17.8 Å². The van der Waals surface area contributed by atoms with E-state index < -0.39 is 0 Å². The van der Waals surface area contributed by atoms with E-state index in [4.69, 9.17) is 11.6 Å². The number of carbonyl (C=O) groups is 1. The van der Waals surface area contributed by atoms with Crippen molar-refractivity contribution >= 4 is 23.2 Å². The van der Waals surface area contributed by atoms with E-state index in [1.165, 1.54) is 0 Å². The summed E-state index contributed by atoms with van der Waals surface area (Å²) in [7, 11) is 0. The number of para-hydroxylation sites is 1. The lowest BCUT2D eigenvalue weighted by molar-refractivity contribution is 0.0981. The first-order valence-corrected chi connectivity index (χ1v) is 7.00. The smallest absolute Gasteiger partial charge is 0.274 e. The van der Waals surface area contributed by atoms with Gasteiger partial charge in [-0.2, -0.15) is 0 Å². The van der Waals surface area contributed by atoms with Crippen LogP contribution in [-0.4, -0.2) is 23.5 Å². The molecule has 1 amide bonds. The van der Waals surface area contributed by atoms with Gasteiger partial charge in [0.1, 0.15) is 5.69 Å². The van der Waals surface area contributed by atoms with Gasteiger partial charge >= 0.3 is 0 Å². The normalized spacial score (nSPS) is 18.5. The van der Waals surface area contributed by atoms with Gasteiger partial charge < -0.3 is 15.2 Å². The van der Waals surface area contributed by atoms with E-state index in [1.54, 1.807) is 12.3 Å². The van der Waals surface area contributed by atoms with E-state index in [1.807, 2.05) is 29.2 Å². The highest BCUT2D eigenvalue weighted by Gasteiger charge is 2.25. The van der Waals surface area contributed by atoms with Crippen LogP contribution in [0.15, 0.2) is 36.5 Å². The van der Waals surface area contributed by atoms with Gasteiger partial charge in [0.2, 0.25) is 0 Å². The summed E-state index contributed by atoms with van der Waals surface area (Å²) >= 11 is 5.89. The van der Waals surface area contributed by atoms with Crippen molar-refractivity contribution in [3.63, 3.8) is 0 Å². The second-order valence-electron chi connectivity index (χ2n) is 5.06. The summed E-state index contributed by atoms with van der Waals surface area (Å²) in [5.41, 5.74) is 2.60. The molecule has 0 saturated heterocycles. The van der Waals surface area contributed by atoms with Crippen molar-refractivity contribution in [3.8, 4) is 0 Å².